The first kappa shape index (κ1) is 19.8. The summed E-state index contributed by atoms with van der Waals surface area (Å²) in [6.07, 6.45) is 3.31. The molecule has 1 unspecified atom stereocenters. The second-order valence-corrected chi connectivity index (χ2v) is 8.00. The SMILES string of the molecule is COC(=O)c1sccc1S(=O)(=O)N1CCNCC1c1cccnc1.Cl. The van der Waals surface area contributed by atoms with Gasteiger partial charge in [0, 0.05) is 32.0 Å². The lowest BCUT2D eigenvalue weighted by molar-refractivity contribution is 0.0602. The number of nitrogens with zero attached hydrogens (tertiary/aromatic N) is 2. The second kappa shape index (κ2) is 8.24. The molecular weight excluding hydrogens is 386 g/mol. The van der Waals surface area contributed by atoms with Gasteiger partial charge in [0.25, 0.3) is 0 Å². The molecule has 0 spiro atoms. The van der Waals surface area contributed by atoms with E-state index in [1.165, 1.54) is 17.5 Å². The number of carbonyl (C=O) groups is 1. The molecule has 0 bridgehead atoms. The van der Waals surface area contributed by atoms with Crippen LogP contribution in [0.3, 0.4) is 0 Å². The van der Waals surface area contributed by atoms with Gasteiger partial charge in [0.1, 0.15) is 9.77 Å². The van der Waals surface area contributed by atoms with Crippen LogP contribution in [-0.4, -0.2) is 50.4 Å². The lowest BCUT2D eigenvalue weighted by Gasteiger charge is -2.35. The number of aromatic nitrogens is 1. The number of rotatable bonds is 4. The molecule has 1 saturated heterocycles. The summed E-state index contributed by atoms with van der Waals surface area (Å²) in [5, 5.41) is 4.79. The highest BCUT2D eigenvalue weighted by Gasteiger charge is 2.37. The molecule has 1 atom stereocenters. The summed E-state index contributed by atoms with van der Waals surface area (Å²) in [5.41, 5.74) is 0.808. The predicted octanol–water partition coefficient (Wildman–Crippen LogP) is 1.69. The highest BCUT2D eigenvalue weighted by molar-refractivity contribution is 7.89. The Labute approximate surface area is 156 Å². The zero-order chi connectivity index (χ0) is 17.2. The first-order valence-corrected chi connectivity index (χ1v) is 9.66. The first-order valence-electron chi connectivity index (χ1n) is 7.34. The average molecular weight is 404 g/mol. The Morgan fingerprint density at radius 2 is 2.24 bits per heavy atom. The normalized spacial score (nSPS) is 18.4. The summed E-state index contributed by atoms with van der Waals surface area (Å²) in [6, 6.07) is 4.71. The lowest BCUT2D eigenvalue weighted by atomic mass is 10.1. The maximum absolute atomic E-state index is 13.1. The van der Waals surface area contributed by atoms with E-state index < -0.39 is 16.0 Å². The molecule has 2 aromatic heterocycles. The maximum Gasteiger partial charge on any atom is 0.349 e. The van der Waals surface area contributed by atoms with Crippen LogP contribution in [-0.2, 0) is 14.8 Å². The monoisotopic (exact) mass is 403 g/mol. The second-order valence-electron chi connectivity index (χ2n) is 5.23. The van der Waals surface area contributed by atoms with E-state index >= 15 is 0 Å². The number of methoxy groups -OCH3 is 1. The van der Waals surface area contributed by atoms with Crippen LogP contribution in [0.1, 0.15) is 21.3 Å². The molecular formula is C15H18ClN3O4S2. The Morgan fingerprint density at radius 1 is 1.44 bits per heavy atom. The van der Waals surface area contributed by atoms with Crippen molar-refractivity contribution in [1.29, 1.82) is 0 Å². The fraction of sp³-hybridized carbons (Fsp3) is 0.333. The number of piperazine rings is 1. The topological polar surface area (TPSA) is 88.6 Å². The van der Waals surface area contributed by atoms with Gasteiger partial charge in [-0.2, -0.15) is 4.31 Å². The Balaban J connectivity index is 0.00000225. The fourth-order valence-electron chi connectivity index (χ4n) is 2.70. The molecule has 0 saturated carbocycles. The van der Waals surface area contributed by atoms with Crippen molar-refractivity contribution in [3.05, 3.63) is 46.4 Å². The molecule has 7 nitrogen and oxygen atoms in total. The average Bonchev–Trinajstić information content (AvgIpc) is 3.12. The van der Waals surface area contributed by atoms with E-state index in [1.54, 1.807) is 23.8 Å². The number of carbonyl (C=O) groups excluding carboxylic acids is 1. The molecule has 136 valence electrons. The van der Waals surface area contributed by atoms with E-state index in [1.807, 2.05) is 6.07 Å². The number of pyridine rings is 1. The van der Waals surface area contributed by atoms with Crippen molar-refractivity contribution in [1.82, 2.24) is 14.6 Å². The Morgan fingerprint density at radius 3 is 2.92 bits per heavy atom. The number of halogens is 1. The van der Waals surface area contributed by atoms with E-state index in [4.69, 9.17) is 4.74 Å². The van der Waals surface area contributed by atoms with Crippen LogP contribution in [0.15, 0.2) is 40.9 Å². The van der Waals surface area contributed by atoms with Gasteiger partial charge in [0.2, 0.25) is 10.0 Å². The van der Waals surface area contributed by atoms with Crippen LogP contribution < -0.4 is 5.32 Å². The van der Waals surface area contributed by atoms with Crippen molar-refractivity contribution < 1.29 is 17.9 Å². The molecule has 10 heteroatoms. The Hall–Kier alpha value is -1.52. The third kappa shape index (κ3) is 3.85. The van der Waals surface area contributed by atoms with Crippen LogP contribution in [0.2, 0.25) is 0 Å². The van der Waals surface area contributed by atoms with Gasteiger partial charge in [0.15, 0.2) is 0 Å². The zero-order valence-corrected chi connectivity index (χ0v) is 15.9. The standard InChI is InChI=1S/C15H17N3O4S2.ClH/c1-22-15(19)14-13(4-8-23-14)24(20,21)18-7-6-17-10-12(18)11-3-2-5-16-9-11;/h2-5,8-9,12,17H,6-7,10H2,1H3;1H. The van der Waals surface area contributed by atoms with E-state index in [-0.39, 0.29) is 28.2 Å². The highest BCUT2D eigenvalue weighted by Crippen LogP contribution is 2.32. The summed E-state index contributed by atoms with van der Waals surface area (Å²) in [4.78, 5) is 16.0. The maximum atomic E-state index is 13.1. The highest BCUT2D eigenvalue weighted by atomic mass is 35.5. The number of hydrogen-bond acceptors (Lipinski definition) is 7. The molecule has 25 heavy (non-hydrogen) atoms. The van der Waals surface area contributed by atoms with Crippen LogP contribution in [0.4, 0.5) is 0 Å². The molecule has 3 heterocycles. The number of thiophene rings is 1. The van der Waals surface area contributed by atoms with Crippen molar-refractivity contribution >= 4 is 39.7 Å². The minimum atomic E-state index is -3.83. The van der Waals surface area contributed by atoms with Crippen molar-refractivity contribution in [3.8, 4) is 0 Å². The molecule has 2 aromatic rings. The van der Waals surface area contributed by atoms with Gasteiger partial charge in [0.05, 0.1) is 13.2 Å². The van der Waals surface area contributed by atoms with Gasteiger partial charge in [-0.3, -0.25) is 4.98 Å². The van der Waals surface area contributed by atoms with Crippen molar-refractivity contribution in [2.24, 2.45) is 0 Å². The fourth-order valence-corrected chi connectivity index (χ4v) is 5.62. The van der Waals surface area contributed by atoms with Gasteiger partial charge in [-0.25, -0.2) is 13.2 Å². The summed E-state index contributed by atoms with van der Waals surface area (Å²) < 4.78 is 32.4. The van der Waals surface area contributed by atoms with Crippen molar-refractivity contribution in [2.75, 3.05) is 26.7 Å². The third-order valence-corrected chi connectivity index (χ3v) is 6.82. The quantitative estimate of drug-likeness (QED) is 0.781. The number of hydrogen-bond donors (Lipinski definition) is 1. The molecule has 0 radical (unpaired) electrons. The van der Waals surface area contributed by atoms with Crippen LogP contribution >= 0.6 is 23.7 Å². The first-order chi connectivity index (χ1) is 11.6. The zero-order valence-electron chi connectivity index (χ0n) is 13.4. The molecule has 0 aliphatic carbocycles. The molecule has 1 fully saturated rings. The summed E-state index contributed by atoms with van der Waals surface area (Å²) in [6.45, 7) is 1.36. The lowest BCUT2D eigenvalue weighted by Crippen LogP contribution is -2.48. The molecule has 1 N–H and O–H groups in total. The van der Waals surface area contributed by atoms with Crippen molar-refractivity contribution in [3.63, 3.8) is 0 Å². The minimum Gasteiger partial charge on any atom is -0.465 e. The van der Waals surface area contributed by atoms with E-state index in [0.29, 0.717) is 19.6 Å². The van der Waals surface area contributed by atoms with Gasteiger partial charge >= 0.3 is 5.97 Å². The number of ether oxygens (including phenoxy) is 1. The van der Waals surface area contributed by atoms with Crippen LogP contribution in [0, 0.1) is 0 Å². The van der Waals surface area contributed by atoms with Gasteiger partial charge < -0.3 is 10.1 Å². The van der Waals surface area contributed by atoms with Crippen molar-refractivity contribution in [2.45, 2.75) is 10.9 Å². The molecule has 1 aliphatic heterocycles. The molecule has 0 amide bonds. The summed E-state index contributed by atoms with van der Waals surface area (Å²) in [5.74, 6) is -0.642. The molecule has 1 aliphatic rings. The summed E-state index contributed by atoms with van der Waals surface area (Å²) in [7, 11) is -2.59. The molecule has 3 rings (SSSR count). The smallest absolute Gasteiger partial charge is 0.349 e. The van der Waals surface area contributed by atoms with E-state index in [0.717, 1.165) is 16.9 Å². The minimum absolute atomic E-state index is 0. The van der Waals surface area contributed by atoms with E-state index in [2.05, 4.69) is 10.3 Å². The molecule has 0 aromatic carbocycles. The number of nitrogens with one attached hydrogen (secondary N) is 1. The van der Waals surface area contributed by atoms with Crippen LogP contribution in [0.25, 0.3) is 0 Å². The number of sulfonamides is 1. The van der Waals surface area contributed by atoms with Gasteiger partial charge in [-0.05, 0) is 23.1 Å². The van der Waals surface area contributed by atoms with Gasteiger partial charge in [-0.15, -0.1) is 23.7 Å². The van der Waals surface area contributed by atoms with Crippen LogP contribution in [0.5, 0.6) is 0 Å². The Kier molecular flexibility index (Phi) is 6.53. The third-order valence-electron chi connectivity index (χ3n) is 3.85. The summed E-state index contributed by atoms with van der Waals surface area (Å²) >= 11 is 1.06. The number of esters is 1. The Bertz CT molecular complexity index is 826. The van der Waals surface area contributed by atoms with E-state index in [9.17, 15) is 13.2 Å². The predicted molar refractivity (Wildman–Crippen MR) is 96.6 cm³/mol. The largest absolute Gasteiger partial charge is 0.465 e. The van der Waals surface area contributed by atoms with Gasteiger partial charge in [-0.1, -0.05) is 6.07 Å².